The van der Waals surface area contributed by atoms with E-state index >= 15 is 0 Å². The third kappa shape index (κ3) is 2.20. The van der Waals surface area contributed by atoms with Gasteiger partial charge in [0.1, 0.15) is 11.5 Å². The van der Waals surface area contributed by atoms with Crippen LogP contribution in [0.4, 0.5) is 5.69 Å². The highest BCUT2D eigenvalue weighted by molar-refractivity contribution is 5.95. The van der Waals surface area contributed by atoms with Crippen molar-refractivity contribution in [2.24, 2.45) is 5.73 Å². The molecule has 19 heavy (non-hydrogen) atoms. The number of fused-ring (bicyclic) bond motifs is 1. The number of benzene rings is 1. The number of hydrogen-bond acceptors (Lipinski definition) is 4. The van der Waals surface area contributed by atoms with Crippen LogP contribution in [-0.2, 0) is 4.79 Å². The molecule has 3 N–H and O–H groups in total. The SMILES string of the molecule is Cc1cc(C(N)c2ccc3c(c2)NC(=O)CO3)co1. The van der Waals surface area contributed by atoms with Gasteiger partial charge in [0, 0.05) is 5.56 Å². The van der Waals surface area contributed by atoms with Gasteiger partial charge in [-0.05, 0) is 30.7 Å². The fraction of sp³-hybridized carbons (Fsp3) is 0.214. The summed E-state index contributed by atoms with van der Waals surface area (Å²) in [7, 11) is 0. The summed E-state index contributed by atoms with van der Waals surface area (Å²) in [6, 6.07) is 7.15. The van der Waals surface area contributed by atoms with Crippen molar-refractivity contribution in [2.75, 3.05) is 11.9 Å². The number of carbonyl (C=O) groups excluding carboxylic acids is 1. The molecule has 2 aromatic rings. The minimum Gasteiger partial charge on any atom is -0.482 e. The Balaban J connectivity index is 1.93. The van der Waals surface area contributed by atoms with E-state index in [1.807, 2.05) is 31.2 Å². The second-order valence-electron chi connectivity index (χ2n) is 4.56. The van der Waals surface area contributed by atoms with Gasteiger partial charge >= 0.3 is 0 Å². The molecule has 0 aliphatic carbocycles. The zero-order valence-electron chi connectivity index (χ0n) is 10.5. The van der Waals surface area contributed by atoms with Gasteiger partial charge in [-0.15, -0.1) is 0 Å². The van der Waals surface area contributed by atoms with Crippen LogP contribution in [0.15, 0.2) is 34.9 Å². The first-order valence-corrected chi connectivity index (χ1v) is 6.01. The molecule has 0 radical (unpaired) electrons. The summed E-state index contributed by atoms with van der Waals surface area (Å²) in [5.41, 5.74) is 8.64. The number of amides is 1. The molecule has 1 aromatic carbocycles. The second kappa shape index (κ2) is 4.44. The van der Waals surface area contributed by atoms with Crippen LogP contribution in [0.1, 0.15) is 22.9 Å². The molecular weight excluding hydrogens is 244 g/mol. The van der Waals surface area contributed by atoms with Crippen LogP contribution >= 0.6 is 0 Å². The van der Waals surface area contributed by atoms with Gasteiger partial charge in [-0.1, -0.05) is 6.07 Å². The third-order valence-electron chi connectivity index (χ3n) is 3.11. The molecule has 5 nitrogen and oxygen atoms in total. The number of furan rings is 1. The van der Waals surface area contributed by atoms with E-state index in [0.717, 1.165) is 16.9 Å². The van der Waals surface area contributed by atoms with Gasteiger partial charge in [-0.25, -0.2) is 0 Å². The van der Waals surface area contributed by atoms with Crippen molar-refractivity contribution in [2.45, 2.75) is 13.0 Å². The number of aryl methyl sites for hydroxylation is 1. The Morgan fingerprint density at radius 3 is 2.89 bits per heavy atom. The average Bonchev–Trinajstić information content (AvgIpc) is 2.83. The van der Waals surface area contributed by atoms with Crippen LogP contribution < -0.4 is 15.8 Å². The van der Waals surface area contributed by atoms with Crippen molar-refractivity contribution in [3.8, 4) is 5.75 Å². The average molecular weight is 258 g/mol. The summed E-state index contributed by atoms with van der Waals surface area (Å²) in [4.78, 5) is 11.3. The Morgan fingerprint density at radius 2 is 2.16 bits per heavy atom. The van der Waals surface area contributed by atoms with Gasteiger partial charge < -0.3 is 20.2 Å². The van der Waals surface area contributed by atoms with E-state index in [0.29, 0.717) is 11.4 Å². The van der Waals surface area contributed by atoms with E-state index in [2.05, 4.69) is 5.32 Å². The van der Waals surface area contributed by atoms with Crippen LogP contribution in [0.25, 0.3) is 0 Å². The standard InChI is InChI=1S/C14H14N2O3/c1-8-4-10(6-18-8)14(15)9-2-3-12-11(5-9)16-13(17)7-19-12/h2-6,14H,7,15H2,1H3,(H,16,17). The van der Waals surface area contributed by atoms with Crippen LogP contribution in [0, 0.1) is 6.92 Å². The number of anilines is 1. The Bertz CT molecular complexity index is 633. The summed E-state index contributed by atoms with van der Waals surface area (Å²) in [5.74, 6) is 1.33. The molecule has 1 unspecified atom stereocenters. The van der Waals surface area contributed by atoms with E-state index in [-0.39, 0.29) is 18.6 Å². The summed E-state index contributed by atoms with van der Waals surface area (Å²) >= 11 is 0. The lowest BCUT2D eigenvalue weighted by atomic mass is 10.0. The van der Waals surface area contributed by atoms with Gasteiger partial charge in [0.15, 0.2) is 6.61 Å². The second-order valence-corrected chi connectivity index (χ2v) is 4.56. The summed E-state index contributed by atoms with van der Waals surface area (Å²) in [6.45, 7) is 1.93. The van der Waals surface area contributed by atoms with E-state index < -0.39 is 0 Å². The number of nitrogens with one attached hydrogen (secondary N) is 1. The lowest BCUT2D eigenvalue weighted by Crippen LogP contribution is -2.25. The summed E-state index contributed by atoms with van der Waals surface area (Å²) in [5, 5.41) is 2.77. The monoisotopic (exact) mass is 258 g/mol. The fourth-order valence-electron chi connectivity index (χ4n) is 2.11. The molecule has 1 aliphatic rings. The predicted octanol–water partition coefficient (Wildman–Crippen LogP) is 1.97. The van der Waals surface area contributed by atoms with E-state index in [9.17, 15) is 4.79 Å². The summed E-state index contributed by atoms with van der Waals surface area (Å²) < 4.78 is 10.6. The molecule has 5 heteroatoms. The maximum absolute atomic E-state index is 11.3. The molecule has 0 spiro atoms. The van der Waals surface area contributed by atoms with Gasteiger partial charge in [0.2, 0.25) is 0 Å². The topological polar surface area (TPSA) is 77.5 Å². The molecule has 0 saturated heterocycles. The maximum Gasteiger partial charge on any atom is 0.262 e. The quantitative estimate of drug-likeness (QED) is 0.863. The fourth-order valence-corrected chi connectivity index (χ4v) is 2.11. The first kappa shape index (κ1) is 11.8. The van der Waals surface area contributed by atoms with E-state index in [4.69, 9.17) is 14.9 Å². The Morgan fingerprint density at radius 1 is 1.32 bits per heavy atom. The smallest absolute Gasteiger partial charge is 0.262 e. The number of ether oxygens (including phenoxy) is 1. The Kier molecular flexibility index (Phi) is 2.76. The van der Waals surface area contributed by atoms with Gasteiger partial charge in [0.05, 0.1) is 18.0 Å². The third-order valence-corrected chi connectivity index (χ3v) is 3.11. The molecule has 1 amide bonds. The molecule has 0 saturated carbocycles. The predicted molar refractivity (Wildman–Crippen MR) is 70.0 cm³/mol. The molecule has 2 heterocycles. The molecular formula is C14H14N2O3. The zero-order chi connectivity index (χ0) is 13.4. The van der Waals surface area contributed by atoms with Crippen LogP contribution in [0.2, 0.25) is 0 Å². The van der Waals surface area contributed by atoms with Crippen molar-refractivity contribution in [1.29, 1.82) is 0 Å². The molecule has 1 aromatic heterocycles. The van der Waals surface area contributed by atoms with Crippen molar-refractivity contribution in [3.63, 3.8) is 0 Å². The number of rotatable bonds is 2. The molecule has 1 aliphatic heterocycles. The highest BCUT2D eigenvalue weighted by atomic mass is 16.5. The maximum atomic E-state index is 11.3. The molecule has 1 atom stereocenters. The van der Waals surface area contributed by atoms with Gasteiger partial charge in [-0.2, -0.15) is 0 Å². The molecule has 98 valence electrons. The van der Waals surface area contributed by atoms with E-state index in [1.54, 1.807) is 6.26 Å². The first-order valence-electron chi connectivity index (χ1n) is 6.01. The normalized spacial score (nSPS) is 15.4. The lowest BCUT2D eigenvalue weighted by molar-refractivity contribution is -0.118. The van der Waals surface area contributed by atoms with Crippen molar-refractivity contribution in [1.82, 2.24) is 0 Å². The largest absolute Gasteiger partial charge is 0.482 e. The van der Waals surface area contributed by atoms with E-state index in [1.165, 1.54) is 0 Å². The van der Waals surface area contributed by atoms with Crippen LogP contribution in [0.5, 0.6) is 5.75 Å². The minimum atomic E-state index is -0.290. The Hall–Kier alpha value is -2.27. The lowest BCUT2D eigenvalue weighted by Gasteiger charge is -2.20. The number of nitrogens with two attached hydrogens (primary N) is 1. The van der Waals surface area contributed by atoms with Crippen molar-refractivity contribution >= 4 is 11.6 Å². The molecule has 0 bridgehead atoms. The zero-order valence-corrected chi connectivity index (χ0v) is 10.5. The number of hydrogen-bond donors (Lipinski definition) is 2. The van der Waals surface area contributed by atoms with Gasteiger partial charge in [-0.3, -0.25) is 4.79 Å². The summed E-state index contributed by atoms with van der Waals surface area (Å²) in [6.07, 6.45) is 1.65. The highest BCUT2D eigenvalue weighted by Crippen LogP contribution is 2.32. The van der Waals surface area contributed by atoms with Crippen molar-refractivity contribution in [3.05, 3.63) is 47.4 Å². The van der Waals surface area contributed by atoms with Crippen LogP contribution in [0.3, 0.4) is 0 Å². The van der Waals surface area contributed by atoms with Crippen LogP contribution in [-0.4, -0.2) is 12.5 Å². The number of carbonyl (C=O) groups is 1. The Labute approximate surface area is 110 Å². The highest BCUT2D eigenvalue weighted by Gasteiger charge is 2.18. The van der Waals surface area contributed by atoms with Gasteiger partial charge in [0.25, 0.3) is 5.91 Å². The molecule has 0 fully saturated rings. The first-order chi connectivity index (χ1) is 9.13. The minimum absolute atomic E-state index is 0.0549. The van der Waals surface area contributed by atoms with Crippen molar-refractivity contribution < 1.29 is 13.9 Å². The molecule has 3 rings (SSSR count).